The van der Waals surface area contributed by atoms with Gasteiger partial charge in [-0.3, -0.25) is 9.59 Å². The van der Waals surface area contributed by atoms with Gasteiger partial charge in [-0.05, 0) is 57.2 Å². The molecule has 1 aromatic carbocycles. The number of carboxylic acids is 1. The smallest absolute Gasteiger partial charge is 0.309 e. The zero-order valence-electron chi connectivity index (χ0n) is 15.5. The fraction of sp³-hybridized carbons (Fsp3) is 0.600. The van der Waals surface area contributed by atoms with E-state index >= 15 is 0 Å². The normalized spacial score (nSPS) is 20.6. The highest BCUT2D eigenvalue weighted by Gasteiger charge is 2.38. The summed E-state index contributed by atoms with van der Waals surface area (Å²) in [5.41, 5.74) is 1.90. The summed E-state index contributed by atoms with van der Waals surface area (Å²) >= 11 is 0. The van der Waals surface area contributed by atoms with Crippen LogP contribution in [0.2, 0.25) is 0 Å². The molecule has 0 aromatic heterocycles. The summed E-state index contributed by atoms with van der Waals surface area (Å²) in [4.78, 5) is 26.3. The molecule has 24 heavy (non-hydrogen) atoms. The number of anilines is 1. The van der Waals surface area contributed by atoms with Crippen LogP contribution < -0.4 is 4.90 Å². The molecule has 0 bridgehead atoms. The SMILES string of the molecule is CN(C)c1ccc2c(c1)C(=O)C(C)(CCCC(C)(C)C(=O)O)CC2. The third-order valence-electron chi connectivity index (χ3n) is 5.46. The quantitative estimate of drug-likeness (QED) is 0.850. The van der Waals surface area contributed by atoms with Crippen LogP contribution in [0.15, 0.2) is 18.2 Å². The van der Waals surface area contributed by atoms with Crippen LogP contribution in [0.1, 0.15) is 62.4 Å². The van der Waals surface area contributed by atoms with Crippen molar-refractivity contribution in [2.45, 2.75) is 52.9 Å². The molecular weight excluding hydrogens is 302 g/mol. The van der Waals surface area contributed by atoms with E-state index in [9.17, 15) is 14.7 Å². The Labute approximate surface area is 144 Å². The Morgan fingerprint density at radius 1 is 1.33 bits per heavy atom. The number of aryl methyl sites for hydroxylation is 1. The van der Waals surface area contributed by atoms with Crippen LogP contribution in [0.4, 0.5) is 5.69 Å². The van der Waals surface area contributed by atoms with Gasteiger partial charge >= 0.3 is 5.97 Å². The molecule has 4 nitrogen and oxygen atoms in total. The van der Waals surface area contributed by atoms with Crippen LogP contribution in [0.25, 0.3) is 0 Å². The number of Topliss-reactive ketones (excluding diaryl/α,β-unsaturated/α-hetero) is 1. The van der Waals surface area contributed by atoms with E-state index in [2.05, 4.69) is 12.1 Å². The minimum absolute atomic E-state index is 0.209. The molecule has 1 unspecified atom stereocenters. The molecule has 0 amide bonds. The van der Waals surface area contributed by atoms with Crippen molar-refractivity contribution >= 4 is 17.4 Å². The molecule has 0 saturated heterocycles. The third-order valence-corrected chi connectivity index (χ3v) is 5.46. The van der Waals surface area contributed by atoms with Crippen molar-refractivity contribution in [2.24, 2.45) is 10.8 Å². The van der Waals surface area contributed by atoms with Crippen molar-refractivity contribution in [3.05, 3.63) is 29.3 Å². The number of ketones is 1. The van der Waals surface area contributed by atoms with Crippen LogP contribution in [0, 0.1) is 10.8 Å². The maximum atomic E-state index is 13.1. The van der Waals surface area contributed by atoms with E-state index < -0.39 is 11.4 Å². The number of rotatable bonds is 6. The summed E-state index contributed by atoms with van der Waals surface area (Å²) in [7, 11) is 3.95. The van der Waals surface area contributed by atoms with E-state index in [0.717, 1.165) is 42.5 Å². The van der Waals surface area contributed by atoms with E-state index in [-0.39, 0.29) is 11.2 Å². The van der Waals surface area contributed by atoms with Gasteiger partial charge in [0.05, 0.1) is 5.41 Å². The highest BCUT2D eigenvalue weighted by atomic mass is 16.4. The Morgan fingerprint density at radius 2 is 2.00 bits per heavy atom. The van der Waals surface area contributed by atoms with Crippen LogP contribution in [0.5, 0.6) is 0 Å². The van der Waals surface area contributed by atoms with Gasteiger partial charge in [0, 0.05) is 30.8 Å². The first-order valence-corrected chi connectivity index (χ1v) is 8.65. The molecule has 0 aliphatic heterocycles. The average molecular weight is 331 g/mol. The first-order valence-electron chi connectivity index (χ1n) is 8.65. The predicted octanol–water partition coefficient (Wildman–Crippen LogP) is 4.17. The number of aliphatic carboxylic acids is 1. The van der Waals surface area contributed by atoms with E-state index in [1.54, 1.807) is 13.8 Å². The van der Waals surface area contributed by atoms with E-state index in [1.165, 1.54) is 0 Å². The minimum atomic E-state index is -0.774. The van der Waals surface area contributed by atoms with E-state index in [1.807, 2.05) is 32.0 Å². The number of benzene rings is 1. The topological polar surface area (TPSA) is 57.6 Å². The molecule has 2 rings (SSSR count). The first kappa shape index (κ1) is 18.5. The molecule has 0 fully saturated rings. The minimum Gasteiger partial charge on any atom is -0.481 e. The summed E-state index contributed by atoms with van der Waals surface area (Å²) in [6, 6.07) is 6.12. The van der Waals surface area contributed by atoms with Gasteiger partial charge in [-0.1, -0.05) is 19.4 Å². The summed E-state index contributed by atoms with van der Waals surface area (Å²) in [5.74, 6) is -0.566. The van der Waals surface area contributed by atoms with Gasteiger partial charge in [0.15, 0.2) is 5.78 Å². The maximum Gasteiger partial charge on any atom is 0.309 e. The molecule has 1 N–H and O–H groups in total. The second-order valence-corrected chi connectivity index (χ2v) is 8.17. The summed E-state index contributed by atoms with van der Waals surface area (Å²) < 4.78 is 0. The molecular formula is C20H29NO3. The van der Waals surface area contributed by atoms with E-state index in [0.29, 0.717) is 6.42 Å². The van der Waals surface area contributed by atoms with Crippen LogP contribution in [-0.2, 0) is 11.2 Å². The fourth-order valence-electron chi connectivity index (χ4n) is 3.39. The van der Waals surface area contributed by atoms with Crippen molar-refractivity contribution < 1.29 is 14.7 Å². The van der Waals surface area contributed by atoms with Crippen molar-refractivity contribution in [1.29, 1.82) is 0 Å². The van der Waals surface area contributed by atoms with Gasteiger partial charge in [0.25, 0.3) is 0 Å². The Balaban J connectivity index is 2.14. The molecule has 4 heteroatoms. The standard InChI is InChI=1S/C20H29NO3/c1-19(2,18(23)24)10-6-11-20(3)12-9-14-7-8-15(21(4)5)13-16(14)17(20)22/h7-8,13H,6,9-12H2,1-5H3,(H,23,24). The predicted molar refractivity (Wildman–Crippen MR) is 96.8 cm³/mol. The summed E-state index contributed by atoms with van der Waals surface area (Å²) in [6.45, 7) is 5.53. The first-order chi connectivity index (χ1) is 11.1. The van der Waals surface area contributed by atoms with Crippen molar-refractivity contribution in [2.75, 3.05) is 19.0 Å². The summed E-state index contributed by atoms with van der Waals surface area (Å²) in [5, 5.41) is 9.24. The van der Waals surface area contributed by atoms with E-state index in [4.69, 9.17) is 0 Å². The Hall–Kier alpha value is -1.84. The number of hydrogen-bond acceptors (Lipinski definition) is 3. The monoisotopic (exact) mass is 331 g/mol. The van der Waals surface area contributed by atoms with Crippen molar-refractivity contribution in [3.8, 4) is 0 Å². The van der Waals surface area contributed by atoms with Gasteiger partial charge in [0.2, 0.25) is 0 Å². The molecule has 0 heterocycles. The van der Waals surface area contributed by atoms with Gasteiger partial charge in [0.1, 0.15) is 0 Å². The second kappa shape index (κ2) is 6.58. The van der Waals surface area contributed by atoms with Crippen LogP contribution in [-0.4, -0.2) is 31.0 Å². The lowest BCUT2D eigenvalue weighted by Crippen LogP contribution is -2.34. The number of carbonyl (C=O) groups is 2. The largest absolute Gasteiger partial charge is 0.481 e. The number of carbonyl (C=O) groups excluding carboxylic acids is 1. The molecule has 1 aliphatic carbocycles. The molecule has 0 saturated carbocycles. The Kier molecular flexibility index (Phi) is 5.07. The van der Waals surface area contributed by atoms with Crippen molar-refractivity contribution in [3.63, 3.8) is 0 Å². The molecule has 1 aliphatic rings. The lowest BCUT2D eigenvalue weighted by molar-refractivity contribution is -0.147. The van der Waals surface area contributed by atoms with Crippen molar-refractivity contribution in [1.82, 2.24) is 0 Å². The van der Waals surface area contributed by atoms with Gasteiger partial charge in [-0.15, -0.1) is 0 Å². The number of nitrogens with zero attached hydrogens (tertiary/aromatic N) is 1. The number of hydrogen-bond donors (Lipinski definition) is 1. The lowest BCUT2D eigenvalue weighted by atomic mass is 9.68. The third kappa shape index (κ3) is 3.63. The van der Waals surface area contributed by atoms with Gasteiger partial charge < -0.3 is 10.0 Å². The highest BCUT2D eigenvalue weighted by Crippen LogP contribution is 2.41. The maximum absolute atomic E-state index is 13.1. The molecule has 1 aromatic rings. The van der Waals surface area contributed by atoms with Gasteiger partial charge in [-0.2, -0.15) is 0 Å². The van der Waals surface area contributed by atoms with Crippen LogP contribution in [0.3, 0.4) is 0 Å². The second-order valence-electron chi connectivity index (χ2n) is 8.17. The zero-order chi connectivity index (χ0) is 18.1. The molecule has 1 atom stereocenters. The Morgan fingerprint density at radius 3 is 2.58 bits per heavy atom. The van der Waals surface area contributed by atoms with Crippen LogP contribution >= 0.6 is 0 Å². The number of fused-ring (bicyclic) bond motifs is 1. The lowest BCUT2D eigenvalue weighted by Gasteiger charge is -2.34. The Bertz CT molecular complexity index is 648. The fourth-order valence-corrected chi connectivity index (χ4v) is 3.39. The number of carboxylic acid groups (broad SMARTS) is 1. The molecule has 0 radical (unpaired) electrons. The molecule has 0 spiro atoms. The highest BCUT2D eigenvalue weighted by molar-refractivity contribution is 6.03. The zero-order valence-corrected chi connectivity index (χ0v) is 15.5. The summed E-state index contributed by atoms with van der Waals surface area (Å²) in [6.07, 6.45) is 3.84. The molecule has 132 valence electrons. The average Bonchev–Trinajstić information content (AvgIpc) is 2.50. The van der Waals surface area contributed by atoms with Gasteiger partial charge in [-0.25, -0.2) is 0 Å².